The number of nitrogens with zero attached hydrogens (tertiary/aromatic N) is 4. The Labute approximate surface area is 141 Å². The number of aliphatic hydroxyl groups excluding tert-OH is 1. The smallest absolute Gasteiger partial charge is 0.391 e. The number of likely N-dealkylation sites (tertiary alicyclic amines) is 1. The van der Waals surface area contributed by atoms with Crippen LogP contribution in [0.15, 0.2) is 36.7 Å². The minimum atomic E-state index is -4.45. The molecule has 1 fully saturated rings. The molecule has 2 atom stereocenters. The van der Waals surface area contributed by atoms with Crippen molar-refractivity contribution in [2.45, 2.75) is 37.7 Å². The van der Waals surface area contributed by atoms with Crippen LogP contribution in [0.4, 0.5) is 13.2 Å². The van der Waals surface area contributed by atoms with Crippen LogP contribution in [0.25, 0.3) is 0 Å². The van der Waals surface area contributed by atoms with Crippen LogP contribution in [0.5, 0.6) is 0 Å². The summed E-state index contributed by atoms with van der Waals surface area (Å²) in [6, 6.07) is 4.34. The number of β-amino-alcohol motifs (C(OH)–C–C–N with tert-alkyl or cyclic N) is 1. The van der Waals surface area contributed by atoms with Crippen molar-refractivity contribution >= 4 is 5.91 Å². The molecule has 0 aliphatic carbocycles. The highest BCUT2D eigenvalue weighted by Crippen LogP contribution is 2.36. The highest BCUT2D eigenvalue weighted by Gasteiger charge is 2.37. The molecule has 0 spiro atoms. The highest BCUT2D eigenvalue weighted by atomic mass is 19.4. The molecule has 0 radical (unpaired) electrons. The molecule has 1 saturated heterocycles. The summed E-state index contributed by atoms with van der Waals surface area (Å²) in [6.45, 7) is 0.428. The van der Waals surface area contributed by atoms with Crippen LogP contribution < -0.4 is 0 Å². The van der Waals surface area contributed by atoms with Crippen LogP contribution in [-0.4, -0.2) is 43.6 Å². The molecule has 3 rings (SSSR count). The number of alkyl halides is 3. The maximum absolute atomic E-state index is 12.9. The number of rotatable bonds is 4. The molecule has 1 aliphatic heterocycles. The van der Waals surface area contributed by atoms with E-state index in [4.69, 9.17) is 0 Å². The van der Waals surface area contributed by atoms with Gasteiger partial charge in [0.05, 0.1) is 30.5 Å². The van der Waals surface area contributed by atoms with Gasteiger partial charge in [-0.3, -0.25) is 9.48 Å². The molecule has 25 heavy (non-hydrogen) atoms. The first-order chi connectivity index (χ1) is 11.8. The van der Waals surface area contributed by atoms with Crippen molar-refractivity contribution in [2.24, 2.45) is 0 Å². The second-order valence-electron chi connectivity index (χ2n) is 5.99. The molecule has 134 valence electrons. The van der Waals surface area contributed by atoms with E-state index in [2.05, 4.69) is 10.3 Å². The molecule has 1 aromatic carbocycles. The summed E-state index contributed by atoms with van der Waals surface area (Å²) in [6.07, 6.45) is -1.74. The van der Waals surface area contributed by atoms with Gasteiger partial charge in [-0.2, -0.15) is 13.2 Å². The van der Waals surface area contributed by atoms with Gasteiger partial charge in [0, 0.05) is 19.2 Å². The van der Waals surface area contributed by atoms with E-state index in [0.29, 0.717) is 12.1 Å². The van der Waals surface area contributed by atoms with Gasteiger partial charge in [0.1, 0.15) is 0 Å². The lowest BCUT2D eigenvalue weighted by molar-refractivity contribution is -0.137. The van der Waals surface area contributed by atoms with E-state index in [1.165, 1.54) is 21.8 Å². The Bertz CT molecular complexity index is 733. The van der Waals surface area contributed by atoms with E-state index in [1.54, 1.807) is 12.3 Å². The summed E-state index contributed by atoms with van der Waals surface area (Å²) in [5.41, 5.74) is -0.387. The monoisotopic (exact) mass is 354 g/mol. The average Bonchev–Trinajstić information content (AvgIpc) is 3.21. The maximum atomic E-state index is 12.9. The van der Waals surface area contributed by atoms with Gasteiger partial charge < -0.3 is 10.0 Å². The van der Waals surface area contributed by atoms with Crippen LogP contribution in [0.1, 0.15) is 30.0 Å². The van der Waals surface area contributed by atoms with Crippen LogP contribution in [0.2, 0.25) is 0 Å². The minimum absolute atomic E-state index is 0.108. The number of aromatic nitrogens is 3. The van der Waals surface area contributed by atoms with Crippen LogP contribution in [0.3, 0.4) is 0 Å². The van der Waals surface area contributed by atoms with Gasteiger partial charge in [-0.05, 0) is 24.1 Å². The molecule has 1 amide bonds. The van der Waals surface area contributed by atoms with Gasteiger partial charge >= 0.3 is 6.18 Å². The third kappa shape index (κ3) is 3.98. The van der Waals surface area contributed by atoms with E-state index in [-0.39, 0.29) is 25.3 Å². The third-order valence-electron chi connectivity index (χ3n) is 4.22. The Morgan fingerprint density at radius 2 is 2.16 bits per heavy atom. The van der Waals surface area contributed by atoms with Crippen LogP contribution in [0, 0.1) is 0 Å². The maximum Gasteiger partial charge on any atom is 0.416 e. The fraction of sp³-hybridized carbons (Fsp3) is 0.438. The fourth-order valence-electron chi connectivity index (χ4n) is 3.03. The number of hydrogen-bond acceptors (Lipinski definition) is 4. The molecule has 6 nitrogen and oxygen atoms in total. The highest BCUT2D eigenvalue weighted by molar-refractivity contribution is 5.77. The first-order valence-electron chi connectivity index (χ1n) is 7.83. The molecular formula is C16H17F3N4O2. The Morgan fingerprint density at radius 3 is 2.84 bits per heavy atom. The topological polar surface area (TPSA) is 71.2 Å². The Balaban J connectivity index is 1.76. The first-order valence-corrected chi connectivity index (χ1v) is 7.83. The zero-order valence-electron chi connectivity index (χ0n) is 13.2. The predicted molar refractivity (Wildman–Crippen MR) is 81.2 cm³/mol. The SMILES string of the molecule is O=C(CCn1ccnn1)N1C[C@H](O)C[C@@H]1c1cccc(C(F)(F)F)c1. The van der Waals surface area contributed by atoms with Gasteiger partial charge in [0.2, 0.25) is 5.91 Å². The van der Waals surface area contributed by atoms with Crippen molar-refractivity contribution < 1.29 is 23.1 Å². The van der Waals surface area contributed by atoms with E-state index in [0.717, 1.165) is 12.1 Å². The van der Waals surface area contributed by atoms with Crippen molar-refractivity contribution in [3.8, 4) is 0 Å². The number of hydrogen-bond donors (Lipinski definition) is 1. The van der Waals surface area contributed by atoms with Crippen LogP contribution >= 0.6 is 0 Å². The second kappa shape index (κ2) is 6.83. The zero-order valence-corrected chi connectivity index (χ0v) is 13.2. The number of carbonyl (C=O) groups excluding carboxylic acids is 1. The molecule has 0 bridgehead atoms. The van der Waals surface area contributed by atoms with Crippen molar-refractivity contribution in [3.63, 3.8) is 0 Å². The largest absolute Gasteiger partial charge is 0.416 e. The van der Waals surface area contributed by atoms with Gasteiger partial charge in [0.25, 0.3) is 0 Å². The van der Waals surface area contributed by atoms with Crippen molar-refractivity contribution in [2.75, 3.05) is 6.54 Å². The molecular weight excluding hydrogens is 337 g/mol. The summed E-state index contributed by atoms with van der Waals surface area (Å²) >= 11 is 0. The summed E-state index contributed by atoms with van der Waals surface area (Å²) in [5.74, 6) is -0.241. The van der Waals surface area contributed by atoms with E-state index in [1.807, 2.05) is 0 Å². The lowest BCUT2D eigenvalue weighted by Crippen LogP contribution is -2.32. The Hall–Kier alpha value is -2.42. The number of halogens is 3. The second-order valence-corrected chi connectivity index (χ2v) is 5.99. The summed E-state index contributed by atoms with van der Waals surface area (Å²) in [4.78, 5) is 13.9. The van der Waals surface area contributed by atoms with Gasteiger partial charge in [-0.15, -0.1) is 5.10 Å². The van der Waals surface area contributed by atoms with Crippen molar-refractivity contribution in [1.82, 2.24) is 19.9 Å². The van der Waals surface area contributed by atoms with Gasteiger partial charge in [-0.25, -0.2) is 0 Å². The molecule has 2 aromatic rings. The van der Waals surface area contributed by atoms with Crippen LogP contribution in [-0.2, 0) is 17.5 Å². The summed E-state index contributed by atoms with van der Waals surface area (Å²) < 4.78 is 40.3. The molecule has 0 saturated carbocycles. The lowest BCUT2D eigenvalue weighted by Gasteiger charge is -2.25. The Kier molecular flexibility index (Phi) is 4.76. The quantitative estimate of drug-likeness (QED) is 0.912. The van der Waals surface area contributed by atoms with Gasteiger partial charge in [0.15, 0.2) is 0 Å². The third-order valence-corrected chi connectivity index (χ3v) is 4.22. The average molecular weight is 354 g/mol. The predicted octanol–water partition coefficient (Wildman–Crippen LogP) is 2.02. The number of benzene rings is 1. The molecule has 1 aliphatic rings. The zero-order chi connectivity index (χ0) is 18.0. The summed E-state index contributed by atoms with van der Waals surface area (Å²) in [7, 11) is 0. The molecule has 1 N–H and O–H groups in total. The number of amides is 1. The molecule has 0 unspecified atom stereocenters. The minimum Gasteiger partial charge on any atom is -0.391 e. The number of aliphatic hydroxyl groups is 1. The Morgan fingerprint density at radius 1 is 1.36 bits per heavy atom. The molecule has 2 heterocycles. The normalized spacial score (nSPS) is 20.9. The number of carbonyl (C=O) groups is 1. The van der Waals surface area contributed by atoms with Crippen molar-refractivity contribution in [1.29, 1.82) is 0 Å². The van der Waals surface area contributed by atoms with E-state index >= 15 is 0 Å². The van der Waals surface area contributed by atoms with Crippen molar-refractivity contribution in [3.05, 3.63) is 47.8 Å². The molecule has 1 aromatic heterocycles. The number of aryl methyl sites for hydroxylation is 1. The van der Waals surface area contributed by atoms with E-state index in [9.17, 15) is 23.1 Å². The standard InChI is InChI=1S/C16H17F3N4O2/c17-16(18,19)12-3-1-2-11(8-12)14-9-13(24)10-23(14)15(25)4-6-22-7-5-20-21-22/h1-3,5,7-8,13-14,24H,4,6,9-10H2/t13-,14-/m1/s1. The lowest BCUT2D eigenvalue weighted by atomic mass is 10.0. The van der Waals surface area contributed by atoms with E-state index < -0.39 is 23.9 Å². The van der Waals surface area contributed by atoms with Gasteiger partial charge in [-0.1, -0.05) is 17.3 Å². The fourth-order valence-corrected chi connectivity index (χ4v) is 3.03. The first kappa shape index (κ1) is 17.4. The molecule has 9 heteroatoms. The summed E-state index contributed by atoms with van der Waals surface area (Å²) in [5, 5.41) is 17.3.